The molecule has 7 heteroatoms. The van der Waals surface area contributed by atoms with Crippen LogP contribution in [0.4, 0.5) is 5.69 Å². The van der Waals surface area contributed by atoms with Gasteiger partial charge in [0.2, 0.25) is 5.91 Å². The van der Waals surface area contributed by atoms with E-state index in [0.29, 0.717) is 19.5 Å². The third kappa shape index (κ3) is 4.78. The highest BCUT2D eigenvalue weighted by atomic mass is 16.2. The predicted molar refractivity (Wildman–Crippen MR) is 117 cm³/mol. The Hall–Kier alpha value is -2.83. The summed E-state index contributed by atoms with van der Waals surface area (Å²) in [6.07, 6.45) is 3.48. The van der Waals surface area contributed by atoms with Crippen LogP contribution < -0.4 is 15.5 Å². The first-order valence-electron chi connectivity index (χ1n) is 10.4. The highest BCUT2D eigenvalue weighted by Crippen LogP contribution is 2.21. The van der Waals surface area contributed by atoms with Crippen molar-refractivity contribution in [3.05, 3.63) is 46.8 Å². The van der Waals surface area contributed by atoms with E-state index in [1.807, 2.05) is 28.8 Å². The lowest BCUT2D eigenvalue weighted by molar-refractivity contribution is -0.117. The van der Waals surface area contributed by atoms with Gasteiger partial charge in [-0.3, -0.25) is 14.5 Å². The molecule has 2 N–H and O–H groups in total. The van der Waals surface area contributed by atoms with Crippen LogP contribution in [0.5, 0.6) is 0 Å². The molecule has 0 atom stereocenters. The Balaban J connectivity index is 1.57. The Kier molecular flexibility index (Phi) is 6.90. The van der Waals surface area contributed by atoms with E-state index in [0.717, 1.165) is 48.7 Å². The molecule has 7 nitrogen and oxygen atoms in total. The van der Waals surface area contributed by atoms with E-state index in [2.05, 4.69) is 46.7 Å². The van der Waals surface area contributed by atoms with Crippen molar-refractivity contribution in [3.8, 4) is 0 Å². The van der Waals surface area contributed by atoms with Gasteiger partial charge in [0.1, 0.15) is 0 Å². The van der Waals surface area contributed by atoms with Crippen molar-refractivity contribution in [1.82, 2.24) is 20.4 Å². The summed E-state index contributed by atoms with van der Waals surface area (Å²) in [7, 11) is 3.79. The van der Waals surface area contributed by atoms with E-state index in [1.54, 1.807) is 7.05 Å². The maximum absolute atomic E-state index is 11.9. The topological polar surface area (TPSA) is 74.6 Å². The summed E-state index contributed by atoms with van der Waals surface area (Å²) in [5.41, 5.74) is 5.79. The molecule has 2 heterocycles. The van der Waals surface area contributed by atoms with Gasteiger partial charge in [-0.1, -0.05) is 26.0 Å². The van der Waals surface area contributed by atoms with E-state index >= 15 is 0 Å². The molecule has 1 aromatic carbocycles. The first-order chi connectivity index (χ1) is 14.1. The van der Waals surface area contributed by atoms with Crippen LogP contribution in [0.15, 0.2) is 29.3 Å². The number of benzene rings is 1. The quantitative estimate of drug-likeness (QED) is 0.557. The largest absolute Gasteiger partial charge is 0.352 e. The molecule has 1 amide bonds. The zero-order valence-electron chi connectivity index (χ0n) is 18.0. The second-order valence-electron chi connectivity index (χ2n) is 7.30. The lowest BCUT2D eigenvalue weighted by atomic mass is 10.1. The van der Waals surface area contributed by atoms with Crippen LogP contribution in [0, 0.1) is 0 Å². The number of rotatable bonds is 7. The van der Waals surface area contributed by atoms with Crippen molar-refractivity contribution < 1.29 is 4.79 Å². The smallest absolute Gasteiger partial charge is 0.227 e. The van der Waals surface area contributed by atoms with E-state index in [9.17, 15) is 4.79 Å². The molecule has 2 aromatic rings. The molecule has 1 fully saturated rings. The Labute approximate surface area is 173 Å². The molecule has 0 aliphatic carbocycles. The van der Waals surface area contributed by atoms with Gasteiger partial charge in [0.25, 0.3) is 0 Å². The first-order valence-corrected chi connectivity index (χ1v) is 10.4. The van der Waals surface area contributed by atoms with Gasteiger partial charge in [-0.2, -0.15) is 5.10 Å². The minimum absolute atomic E-state index is 0.216. The lowest BCUT2D eigenvalue weighted by Crippen LogP contribution is -2.36. The SMILES string of the molecule is CCc1nn(C)c(CC)c1CNC(=NC)NCc1ccc(N2CCCC2=O)cc1. The number of hydrogen-bond acceptors (Lipinski definition) is 3. The molecule has 29 heavy (non-hydrogen) atoms. The maximum atomic E-state index is 11.9. The molecule has 1 saturated heterocycles. The van der Waals surface area contributed by atoms with Crippen molar-refractivity contribution in [2.75, 3.05) is 18.5 Å². The molecule has 0 radical (unpaired) electrons. The summed E-state index contributed by atoms with van der Waals surface area (Å²) in [6, 6.07) is 8.17. The fourth-order valence-corrected chi connectivity index (χ4v) is 3.89. The summed E-state index contributed by atoms with van der Waals surface area (Å²) in [4.78, 5) is 18.1. The number of aliphatic imine (C=N–C) groups is 1. The fourth-order valence-electron chi connectivity index (χ4n) is 3.89. The monoisotopic (exact) mass is 396 g/mol. The van der Waals surface area contributed by atoms with E-state index < -0.39 is 0 Å². The van der Waals surface area contributed by atoms with Gasteiger partial charge in [-0.25, -0.2) is 0 Å². The number of amides is 1. The van der Waals surface area contributed by atoms with Gasteiger partial charge in [0.05, 0.1) is 5.69 Å². The van der Waals surface area contributed by atoms with Crippen molar-refractivity contribution >= 4 is 17.6 Å². The molecule has 156 valence electrons. The first kappa shape index (κ1) is 20.9. The number of nitrogens with one attached hydrogen (secondary N) is 2. The van der Waals surface area contributed by atoms with Gasteiger partial charge in [-0.15, -0.1) is 0 Å². The normalized spacial score (nSPS) is 14.6. The fraction of sp³-hybridized carbons (Fsp3) is 0.500. The minimum atomic E-state index is 0.216. The molecule has 0 spiro atoms. The van der Waals surface area contributed by atoms with Crippen LogP contribution in [0.25, 0.3) is 0 Å². The van der Waals surface area contributed by atoms with E-state index in [4.69, 9.17) is 0 Å². The number of guanidine groups is 1. The number of hydrogen-bond donors (Lipinski definition) is 2. The second-order valence-corrected chi connectivity index (χ2v) is 7.30. The standard InChI is InChI=1S/C22H32N6O/c1-5-19-18(20(6-2)27(4)26-19)15-25-22(23-3)24-14-16-9-11-17(12-10-16)28-13-7-8-21(28)29/h9-12H,5-8,13-15H2,1-4H3,(H2,23,24,25). The summed E-state index contributed by atoms with van der Waals surface area (Å²) in [5.74, 6) is 0.977. The van der Waals surface area contributed by atoms with E-state index in [-0.39, 0.29) is 5.91 Å². The van der Waals surface area contributed by atoms with Crippen LogP contribution in [-0.2, 0) is 37.8 Å². The average molecular weight is 397 g/mol. The summed E-state index contributed by atoms with van der Waals surface area (Å²) < 4.78 is 1.98. The molecule has 1 aliphatic rings. The molecule has 1 aliphatic heterocycles. The van der Waals surface area contributed by atoms with Gasteiger partial charge in [0, 0.05) is 57.1 Å². The minimum Gasteiger partial charge on any atom is -0.352 e. The van der Waals surface area contributed by atoms with Gasteiger partial charge in [0.15, 0.2) is 5.96 Å². The number of anilines is 1. The zero-order valence-corrected chi connectivity index (χ0v) is 18.0. The van der Waals surface area contributed by atoms with Crippen LogP contribution in [0.2, 0.25) is 0 Å². The van der Waals surface area contributed by atoms with Crippen LogP contribution >= 0.6 is 0 Å². The zero-order chi connectivity index (χ0) is 20.8. The molecule has 0 unspecified atom stereocenters. The van der Waals surface area contributed by atoms with Crippen LogP contribution in [0.3, 0.4) is 0 Å². The summed E-state index contributed by atoms with van der Waals surface area (Å²) >= 11 is 0. The number of carbonyl (C=O) groups excluding carboxylic acids is 1. The van der Waals surface area contributed by atoms with Gasteiger partial charge in [-0.05, 0) is 37.0 Å². The number of aromatic nitrogens is 2. The van der Waals surface area contributed by atoms with Crippen molar-refractivity contribution in [3.63, 3.8) is 0 Å². The molecular formula is C22H32N6O. The number of aryl methyl sites for hydroxylation is 2. The molecule has 1 aromatic heterocycles. The third-order valence-electron chi connectivity index (χ3n) is 5.47. The molecule has 0 bridgehead atoms. The average Bonchev–Trinajstić information content (AvgIpc) is 3.30. The highest BCUT2D eigenvalue weighted by Gasteiger charge is 2.21. The maximum Gasteiger partial charge on any atom is 0.227 e. The number of carbonyl (C=O) groups is 1. The summed E-state index contributed by atoms with van der Waals surface area (Å²) in [6.45, 7) is 6.49. The Morgan fingerprint density at radius 1 is 1.14 bits per heavy atom. The molecule has 0 saturated carbocycles. The third-order valence-corrected chi connectivity index (χ3v) is 5.47. The van der Waals surface area contributed by atoms with E-state index in [1.165, 1.54) is 11.3 Å². The highest BCUT2D eigenvalue weighted by molar-refractivity contribution is 5.95. The molecule has 3 rings (SSSR count). The number of nitrogens with zero attached hydrogens (tertiary/aromatic N) is 4. The van der Waals surface area contributed by atoms with Crippen LogP contribution in [0.1, 0.15) is 49.2 Å². The van der Waals surface area contributed by atoms with Gasteiger partial charge >= 0.3 is 0 Å². The Morgan fingerprint density at radius 3 is 2.45 bits per heavy atom. The predicted octanol–water partition coefficient (Wildman–Crippen LogP) is 2.54. The van der Waals surface area contributed by atoms with Crippen molar-refractivity contribution in [2.24, 2.45) is 12.0 Å². The second kappa shape index (κ2) is 9.58. The van der Waals surface area contributed by atoms with Crippen molar-refractivity contribution in [1.29, 1.82) is 0 Å². The molecular weight excluding hydrogens is 364 g/mol. The van der Waals surface area contributed by atoms with Gasteiger partial charge < -0.3 is 15.5 Å². The van der Waals surface area contributed by atoms with Crippen molar-refractivity contribution in [2.45, 2.75) is 52.6 Å². The Bertz CT molecular complexity index is 868. The lowest BCUT2D eigenvalue weighted by Gasteiger charge is -2.16. The Morgan fingerprint density at radius 2 is 1.86 bits per heavy atom. The summed E-state index contributed by atoms with van der Waals surface area (Å²) in [5, 5.41) is 11.4. The van der Waals surface area contributed by atoms with Crippen LogP contribution in [-0.4, -0.2) is 35.2 Å².